The zero-order valence-corrected chi connectivity index (χ0v) is 25.9. The second kappa shape index (κ2) is 9.90. The predicted molar refractivity (Wildman–Crippen MR) is 197 cm³/mol. The number of para-hydroxylation sites is 3. The molecule has 3 heterocycles. The molecule has 0 bridgehead atoms. The van der Waals surface area contributed by atoms with E-state index in [1.54, 1.807) is 0 Å². The molecule has 0 spiro atoms. The predicted octanol–water partition coefficient (Wildman–Crippen LogP) is 11.4. The number of hydrogen-bond acceptors (Lipinski definition) is 1. The van der Waals surface area contributed by atoms with E-state index < -0.39 is 0 Å². The van der Waals surface area contributed by atoms with Gasteiger partial charge in [0.25, 0.3) is 0 Å². The first kappa shape index (κ1) is 26.1. The van der Waals surface area contributed by atoms with Crippen molar-refractivity contribution in [3.05, 3.63) is 169 Å². The molecule has 3 nitrogen and oxygen atoms in total. The quantitative estimate of drug-likeness (QED) is 0.198. The van der Waals surface area contributed by atoms with Crippen LogP contribution in [0.3, 0.4) is 0 Å². The first-order valence-electron chi connectivity index (χ1n) is 16.2. The summed E-state index contributed by atoms with van der Waals surface area (Å²) in [6, 6.07) is 52.9. The van der Waals surface area contributed by atoms with Crippen LogP contribution >= 0.6 is 0 Å². The number of benzene rings is 6. The third-order valence-electron chi connectivity index (χ3n) is 9.89. The second-order valence-electron chi connectivity index (χ2n) is 12.3. The van der Waals surface area contributed by atoms with Gasteiger partial charge in [-0.1, -0.05) is 91.0 Å². The lowest BCUT2D eigenvalue weighted by atomic mass is 10.0. The zero-order chi connectivity index (χ0) is 31.1. The standard InChI is InChI=1S/C44H29N3/c1-2-31-34-17-11-25-45-44(34)35-16-10-20-42(43(31)35)47-39-19-9-7-15-33(39)37-27-29(22-24-41(37)47)28-21-23-40-36(26-28)32-14-6-8-18-38(32)46(40)30-12-4-3-5-13-30/h2-27H,1H3/b31-2-. The first-order chi connectivity index (χ1) is 23.3. The third kappa shape index (κ3) is 3.65. The van der Waals surface area contributed by atoms with Crippen LogP contribution in [0.4, 0.5) is 0 Å². The molecule has 0 unspecified atom stereocenters. The molecule has 0 fully saturated rings. The monoisotopic (exact) mass is 599 g/mol. The Bertz CT molecular complexity index is 2740. The summed E-state index contributed by atoms with van der Waals surface area (Å²) in [7, 11) is 0. The Morgan fingerprint density at radius 1 is 0.489 bits per heavy atom. The highest BCUT2D eigenvalue weighted by Crippen LogP contribution is 2.47. The Morgan fingerprint density at radius 3 is 1.79 bits per heavy atom. The SMILES string of the molecule is C/C=C1/c2cccnc2-c2cccc(-n3c4ccccc4c4cc(-c5ccc6c(c5)c5ccccc5n6-c5ccccc5)ccc43)c21. The highest BCUT2D eigenvalue weighted by Gasteiger charge is 2.28. The maximum absolute atomic E-state index is 4.80. The Morgan fingerprint density at radius 2 is 1.09 bits per heavy atom. The van der Waals surface area contributed by atoms with Crippen LogP contribution in [-0.4, -0.2) is 14.1 Å². The van der Waals surface area contributed by atoms with Gasteiger partial charge in [-0.3, -0.25) is 4.98 Å². The summed E-state index contributed by atoms with van der Waals surface area (Å²) in [6.45, 7) is 2.13. The van der Waals surface area contributed by atoms with E-state index in [4.69, 9.17) is 4.98 Å². The van der Waals surface area contributed by atoms with E-state index >= 15 is 0 Å². The molecule has 0 saturated heterocycles. The number of aromatic nitrogens is 3. The summed E-state index contributed by atoms with van der Waals surface area (Å²) in [4.78, 5) is 4.80. The minimum Gasteiger partial charge on any atom is -0.309 e. The van der Waals surface area contributed by atoms with Gasteiger partial charge in [-0.2, -0.15) is 0 Å². The van der Waals surface area contributed by atoms with Crippen LogP contribution in [-0.2, 0) is 0 Å². The average Bonchev–Trinajstić information content (AvgIpc) is 3.77. The molecular formula is C44H29N3. The second-order valence-corrected chi connectivity index (χ2v) is 12.3. The number of fused-ring (bicyclic) bond motifs is 9. The van der Waals surface area contributed by atoms with Gasteiger partial charge in [0, 0.05) is 50.1 Å². The van der Waals surface area contributed by atoms with E-state index in [0.29, 0.717) is 0 Å². The molecule has 0 aliphatic heterocycles. The van der Waals surface area contributed by atoms with Crippen molar-refractivity contribution < 1.29 is 0 Å². The summed E-state index contributed by atoms with van der Waals surface area (Å²) < 4.78 is 4.82. The Labute approximate surface area is 272 Å². The van der Waals surface area contributed by atoms with Crippen molar-refractivity contribution in [2.75, 3.05) is 0 Å². The average molecular weight is 600 g/mol. The lowest BCUT2D eigenvalue weighted by Gasteiger charge is -2.14. The van der Waals surface area contributed by atoms with Gasteiger partial charge in [-0.15, -0.1) is 0 Å². The molecule has 3 heteroatoms. The summed E-state index contributed by atoms with van der Waals surface area (Å²) in [5.41, 5.74) is 15.6. The molecule has 10 rings (SSSR count). The fourth-order valence-corrected chi connectivity index (χ4v) is 7.90. The maximum atomic E-state index is 4.80. The number of pyridine rings is 1. The van der Waals surface area contributed by atoms with Gasteiger partial charge in [0.2, 0.25) is 0 Å². The number of nitrogens with zero attached hydrogens (tertiary/aromatic N) is 3. The molecule has 1 aliphatic rings. The van der Waals surface area contributed by atoms with E-state index in [1.165, 1.54) is 88.4 Å². The molecule has 3 aromatic heterocycles. The van der Waals surface area contributed by atoms with Crippen LogP contribution in [0.5, 0.6) is 0 Å². The van der Waals surface area contributed by atoms with Gasteiger partial charge < -0.3 is 9.13 Å². The molecule has 0 N–H and O–H groups in total. The van der Waals surface area contributed by atoms with Crippen LogP contribution in [0, 0.1) is 0 Å². The Kier molecular flexibility index (Phi) is 5.49. The molecule has 0 amide bonds. The summed E-state index contributed by atoms with van der Waals surface area (Å²) in [5, 5.41) is 5.02. The smallest absolute Gasteiger partial charge is 0.0787 e. The van der Waals surface area contributed by atoms with Gasteiger partial charge in [-0.25, -0.2) is 0 Å². The molecule has 47 heavy (non-hydrogen) atoms. The number of allylic oxidation sites excluding steroid dienone is 1. The fraction of sp³-hybridized carbons (Fsp3) is 0.0227. The van der Waals surface area contributed by atoms with Crippen molar-refractivity contribution in [3.63, 3.8) is 0 Å². The van der Waals surface area contributed by atoms with Crippen molar-refractivity contribution >= 4 is 49.2 Å². The minimum absolute atomic E-state index is 1.06. The molecule has 9 aromatic rings. The third-order valence-corrected chi connectivity index (χ3v) is 9.89. The van der Waals surface area contributed by atoms with E-state index in [0.717, 1.165) is 5.69 Å². The summed E-state index contributed by atoms with van der Waals surface area (Å²) >= 11 is 0. The molecule has 0 atom stereocenters. The number of hydrogen-bond donors (Lipinski definition) is 0. The summed E-state index contributed by atoms with van der Waals surface area (Å²) in [5.74, 6) is 0. The van der Waals surface area contributed by atoms with E-state index in [9.17, 15) is 0 Å². The lowest BCUT2D eigenvalue weighted by molar-refractivity contribution is 1.17. The van der Waals surface area contributed by atoms with Crippen molar-refractivity contribution in [1.29, 1.82) is 0 Å². The highest BCUT2D eigenvalue weighted by molar-refractivity contribution is 6.13. The molecule has 220 valence electrons. The van der Waals surface area contributed by atoms with Crippen molar-refractivity contribution in [2.24, 2.45) is 0 Å². The highest BCUT2D eigenvalue weighted by atomic mass is 15.0. The van der Waals surface area contributed by atoms with Crippen molar-refractivity contribution in [3.8, 4) is 33.8 Å². The fourth-order valence-electron chi connectivity index (χ4n) is 7.90. The van der Waals surface area contributed by atoms with Gasteiger partial charge in [0.05, 0.1) is 33.4 Å². The largest absolute Gasteiger partial charge is 0.309 e. The van der Waals surface area contributed by atoms with Crippen molar-refractivity contribution in [1.82, 2.24) is 14.1 Å². The molecule has 0 radical (unpaired) electrons. The van der Waals surface area contributed by atoms with Crippen LogP contribution in [0.2, 0.25) is 0 Å². The normalized spacial score (nSPS) is 13.3. The minimum atomic E-state index is 1.06. The molecule has 6 aromatic carbocycles. The van der Waals surface area contributed by atoms with Crippen molar-refractivity contribution in [2.45, 2.75) is 6.92 Å². The van der Waals surface area contributed by atoms with Gasteiger partial charge in [-0.05, 0) is 84.3 Å². The van der Waals surface area contributed by atoms with Gasteiger partial charge in [0.15, 0.2) is 0 Å². The first-order valence-corrected chi connectivity index (χ1v) is 16.2. The van der Waals surface area contributed by atoms with Crippen LogP contribution < -0.4 is 0 Å². The molecular weight excluding hydrogens is 571 g/mol. The zero-order valence-electron chi connectivity index (χ0n) is 25.9. The van der Waals surface area contributed by atoms with Gasteiger partial charge in [0.1, 0.15) is 0 Å². The molecule has 0 saturated carbocycles. The Hall–Kier alpha value is -6.19. The van der Waals surface area contributed by atoms with Gasteiger partial charge >= 0.3 is 0 Å². The number of rotatable bonds is 3. The lowest BCUT2D eigenvalue weighted by Crippen LogP contribution is -1.99. The Balaban J connectivity index is 1.19. The topological polar surface area (TPSA) is 22.8 Å². The van der Waals surface area contributed by atoms with Crippen LogP contribution in [0.25, 0.3) is 82.9 Å². The summed E-state index contributed by atoms with van der Waals surface area (Å²) in [6.07, 6.45) is 4.12. The van der Waals surface area contributed by atoms with Crippen LogP contribution in [0.1, 0.15) is 18.1 Å². The van der Waals surface area contributed by atoms with Crippen LogP contribution in [0.15, 0.2) is 158 Å². The van der Waals surface area contributed by atoms with E-state index in [1.807, 2.05) is 12.3 Å². The van der Waals surface area contributed by atoms with E-state index in [-0.39, 0.29) is 0 Å². The van der Waals surface area contributed by atoms with E-state index in [2.05, 4.69) is 162 Å². The maximum Gasteiger partial charge on any atom is 0.0787 e. The molecule has 1 aliphatic carbocycles.